The number of amides is 1. The predicted octanol–water partition coefficient (Wildman–Crippen LogP) is 3.83. The maximum atomic E-state index is 13.0. The first-order chi connectivity index (χ1) is 14.6. The van der Waals surface area contributed by atoms with Crippen LogP contribution in [-0.4, -0.2) is 47.7 Å². The van der Waals surface area contributed by atoms with Gasteiger partial charge in [0.2, 0.25) is 5.91 Å². The van der Waals surface area contributed by atoms with E-state index in [0.717, 1.165) is 49.2 Å². The van der Waals surface area contributed by atoms with Crippen molar-refractivity contribution in [3.05, 3.63) is 77.7 Å². The van der Waals surface area contributed by atoms with Crippen LogP contribution >= 0.6 is 0 Å². The Hall–Kier alpha value is -2.99. The average molecular weight is 409 g/mol. The molecular weight excluding hydrogens is 379 g/mol. The van der Waals surface area contributed by atoms with E-state index in [1.807, 2.05) is 36.2 Å². The summed E-state index contributed by atoms with van der Waals surface area (Å²) >= 11 is 0. The molecule has 3 rings (SSSR count). The molecule has 1 amide bonds. The largest absolute Gasteiger partial charge is 0.355 e. The van der Waals surface area contributed by atoms with Gasteiger partial charge in [0.05, 0.1) is 12.2 Å². The van der Waals surface area contributed by atoms with Crippen LogP contribution in [0.5, 0.6) is 0 Å². The molecular formula is C24H29FN4O. The Bertz CT molecular complexity index is 908. The molecule has 0 fully saturated rings. The van der Waals surface area contributed by atoms with Crippen molar-refractivity contribution in [1.82, 2.24) is 20.4 Å². The van der Waals surface area contributed by atoms with Gasteiger partial charge in [-0.1, -0.05) is 30.3 Å². The van der Waals surface area contributed by atoms with E-state index >= 15 is 0 Å². The topological polar surface area (TPSA) is 61.0 Å². The molecule has 158 valence electrons. The van der Waals surface area contributed by atoms with Crippen molar-refractivity contribution in [3.8, 4) is 11.3 Å². The normalized spacial score (nSPS) is 11.0. The van der Waals surface area contributed by atoms with Gasteiger partial charge in [0, 0.05) is 17.8 Å². The van der Waals surface area contributed by atoms with Crippen molar-refractivity contribution < 1.29 is 9.18 Å². The minimum absolute atomic E-state index is 0.0608. The van der Waals surface area contributed by atoms with E-state index in [0.29, 0.717) is 13.1 Å². The van der Waals surface area contributed by atoms with Gasteiger partial charge in [0.1, 0.15) is 5.82 Å². The van der Waals surface area contributed by atoms with E-state index in [9.17, 15) is 9.18 Å². The van der Waals surface area contributed by atoms with Gasteiger partial charge in [-0.2, -0.15) is 5.10 Å². The molecule has 0 aliphatic heterocycles. The summed E-state index contributed by atoms with van der Waals surface area (Å²) in [5, 5.41) is 10.3. The Labute approximate surface area is 177 Å². The molecule has 0 spiro atoms. The molecule has 0 bridgehead atoms. The minimum atomic E-state index is -0.252. The Morgan fingerprint density at radius 3 is 2.60 bits per heavy atom. The molecule has 0 atom stereocenters. The van der Waals surface area contributed by atoms with Crippen molar-refractivity contribution in [1.29, 1.82) is 0 Å². The maximum absolute atomic E-state index is 13.0. The summed E-state index contributed by atoms with van der Waals surface area (Å²) in [5.74, 6) is -0.191. The number of likely N-dealkylation sites (N-methyl/N-ethyl adjacent to an activating group) is 1. The molecule has 0 unspecified atom stereocenters. The van der Waals surface area contributed by atoms with E-state index in [-0.39, 0.29) is 11.7 Å². The first-order valence-electron chi connectivity index (χ1n) is 10.4. The molecule has 0 aliphatic rings. The van der Waals surface area contributed by atoms with Crippen LogP contribution in [-0.2, 0) is 17.6 Å². The predicted molar refractivity (Wildman–Crippen MR) is 118 cm³/mol. The van der Waals surface area contributed by atoms with Gasteiger partial charge in [-0.05, 0) is 75.2 Å². The fourth-order valence-corrected chi connectivity index (χ4v) is 3.34. The van der Waals surface area contributed by atoms with Crippen molar-refractivity contribution in [2.45, 2.75) is 25.7 Å². The number of aromatic nitrogens is 2. The number of hydrogen-bond donors (Lipinski definition) is 2. The number of nitrogens with one attached hydrogen (secondary N) is 2. The van der Waals surface area contributed by atoms with Gasteiger partial charge in [-0.15, -0.1) is 0 Å². The molecule has 1 heterocycles. The van der Waals surface area contributed by atoms with Crippen LogP contribution in [0.2, 0.25) is 0 Å². The molecule has 0 radical (unpaired) electrons. The number of aromatic amines is 1. The summed E-state index contributed by atoms with van der Waals surface area (Å²) in [5.41, 5.74) is 4.03. The highest BCUT2D eigenvalue weighted by Gasteiger charge is 2.08. The Morgan fingerprint density at radius 2 is 1.83 bits per heavy atom. The monoisotopic (exact) mass is 408 g/mol. The lowest BCUT2D eigenvalue weighted by Gasteiger charge is -2.16. The zero-order valence-electron chi connectivity index (χ0n) is 17.4. The van der Waals surface area contributed by atoms with Crippen molar-refractivity contribution >= 4 is 5.91 Å². The number of hydrogen-bond acceptors (Lipinski definition) is 3. The van der Waals surface area contributed by atoms with Crippen LogP contribution in [0.25, 0.3) is 11.3 Å². The molecule has 6 heteroatoms. The highest BCUT2D eigenvalue weighted by atomic mass is 19.1. The molecule has 2 N–H and O–H groups in total. The van der Waals surface area contributed by atoms with Crippen molar-refractivity contribution in [2.24, 2.45) is 0 Å². The molecule has 0 saturated carbocycles. The smallest absolute Gasteiger partial charge is 0.234 e. The first kappa shape index (κ1) is 21.7. The Kier molecular flexibility index (Phi) is 8.15. The number of rotatable bonds is 11. The fraction of sp³-hybridized carbons (Fsp3) is 0.333. The number of nitrogens with zero attached hydrogens (tertiary/aromatic N) is 2. The van der Waals surface area contributed by atoms with Gasteiger partial charge in [0.25, 0.3) is 0 Å². The second kappa shape index (κ2) is 11.3. The third kappa shape index (κ3) is 7.12. The average Bonchev–Trinajstić information content (AvgIpc) is 3.21. The van der Waals surface area contributed by atoms with E-state index in [4.69, 9.17) is 0 Å². The molecule has 3 aromatic rings. The number of carbonyl (C=O) groups excluding carboxylic acids is 1. The Morgan fingerprint density at radius 1 is 1.07 bits per heavy atom. The molecule has 0 saturated heterocycles. The summed E-state index contributed by atoms with van der Waals surface area (Å²) in [6.45, 7) is 1.92. The molecule has 5 nitrogen and oxygen atoms in total. The van der Waals surface area contributed by atoms with E-state index < -0.39 is 0 Å². The van der Waals surface area contributed by atoms with Crippen LogP contribution in [0.1, 0.15) is 24.1 Å². The SMILES string of the molecule is CN(CCCc1cc(-c2ccc(F)cc2)n[nH]1)CC(=O)NCCCc1ccccc1. The fourth-order valence-electron chi connectivity index (χ4n) is 3.34. The summed E-state index contributed by atoms with van der Waals surface area (Å²) in [6.07, 6.45) is 3.68. The molecule has 30 heavy (non-hydrogen) atoms. The maximum Gasteiger partial charge on any atom is 0.234 e. The van der Waals surface area contributed by atoms with Crippen LogP contribution in [0.4, 0.5) is 4.39 Å². The van der Waals surface area contributed by atoms with Gasteiger partial charge < -0.3 is 5.32 Å². The number of halogens is 1. The number of H-pyrrole nitrogens is 1. The van der Waals surface area contributed by atoms with Crippen LogP contribution in [0.3, 0.4) is 0 Å². The summed E-state index contributed by atoms with van der Waals surface area (Å²) in [4.78, 5) is 14.1. The summed E-state index contributed by atoms with van der Waals surface area (Å²) < 4.78 is 13.0. The van der Waals surface area contributed by atoms with Crippen molar-refractivity contribution in [3.63, 3.8) is 0 Å². The standard InChI is InChI=1S/C24H29FN4O/c1-29(18-24(30)26-15-5-9-19-7-3-2-4-8-19)16-6-10-22-17-23(28-27-22)20-11-13-21(25)14-12-20/h2-4,7-8,11-14,17H,5-6,9-10,15-16,18H2,1H3,(H,26,30)(H,27,28). The minimum Gasteiger partial charge on any atom is -0.355 e. The van der Waals surface area contributed by atoms with E-state index in [1.54, 1.807) is 12.1 Å². The molecule has 2 aromatic carbocycles. The third-order valence-corrected chi connectivity index (χ3v) is 4.98. The Balaban J connectivity index is 1.30. The highest BCUT2D eigenvalue weighted by molar-refractivity contribution is 5.77. The lowest BCUT2D eigenvalue weighted by Crippen LogP contribution is -2.36. The molecule has 1 aromatic heterocycles. The van der Waals surface area contributed by atoms with E-state index in [1.165, 1.54) is 17.7 Å². The van der Waals surface area contributed by atoms with Crippen LogP contribution < -0.4 is 5.32 Å². The van der Waals surface area contributed by atoms with Gasteiger partial charge in [-0.3, -0.25) is 14.8 Å². The number of carbonyl (C=O) groups is 1. The second-order valence-corrected chi connectivity index (χ2v) is 7.57. The third-order valence-electron chi connectivity index (χ3n) is 4.98. The summed E-state index contributed by atoms with van der Waals surface area (Å²) in [6, 6.07) is 18.6. The second-order valence-electron chi connectivity index (χ2n) is 7.57. The highest BCUT2D eigenvalue weighted by Crippen LogP contribution is 2.18. The van der Waals surface area contributed by atoms with Gasteiger partial charge in [-0.25, -0.2) is 4.39 Å². The lowest BCUT2D eigenvalue weighted by molar-refractivity contribution is -0.121. The van der Waals surface area contributed by atoms with Crippen LogP contribution in [0.15, 0.2) is 60.7 Å². The zero-order valence-corrected chi connectivity index (χ0v) is 17.4. The zero-order chi connectivity index (χ0) is 21.2. The quantitative estimate of drug-likeness (QED) is 0.474. The van der Waals surface area contributed by atoms with E-state index in [2.05, 4.69) is 27.6 Å². The number of aryl methyl sites for hydroxylation is 2. The summed E-state index contributed by atoms with van der Waals surface area (Å²) in [7, 11) is 1.96. The van der Waals surface area contributed by atoms with Crippen LogP contribution in [0, 0.1) is 5.82 Å². The van der Waals surface area contributed by atoms with Gasteiger partial charge in [0.15, 0.2) is 0 Å². The molecule has 0 aliphatic carbocycles. The van der Waals surface area contributed by atoms with Gasteiger partial charge >= 0.3 is 0 Å². The lowest BCUT2D eigenvalue weighted by atomic mass is 10.1. The van der Waals surface area contributed by atoms with Crippen molar-refractivity contribution in [2.75, 3.05) is 26.7 Å². The first-order valence-corrected chi connectivity index (χ1v) is 10.4. The number of benzene rings is 2.